The van der Waals surface area contributed by atoms with Gasteiger partial charge in [0, 0.05) is 16.7 Å². The van der Waals surface area contributed by atoms with Gasteiger partial charge in [-0.15, -0.1) is 0 Å². The summed E-state index contributed by atoms with van der Waals surface area (Å²) in [7, 11) is 0. The Balaban J connectivity index is 2.77. The van der Waals surface area contributed by atoms with Gasteiger partial charge in [-0.3, -0.25) is 4.79 Å². The summed E-state index contributed by atoms with van der Waals surface area (Å²) in [6.07, 6.45) is 0. The van der Waals surface area contributed by atoms with Gasteiger partial charge in [0.05, 0.1) is 0 Å². The highest BCUT2D eigenvalue weighted by Gasteiger charge is 2.08. The van der Waals surface area contributed by atoms with Crippen molar-refractivity contribution in [3.05, 3.63) is 33.8 Å². The molecule has 0 aromatic carbocycles. The number of halogens is 2. The van der Waals surface area contributed by atoms with E-state index < -0.39 is 0 Å². The van der Waals surface area contributed by atoms with Gasteiger partial charge in [0.15, 0.2) is 0 Å². The topological polar surface area (TPSA) is 54.9 Å². The Hall–Kier alpha value is -0.940. The molecule has 0 saturated heterocycles. The summed E-state index contributed by atoms with van der Waals surface area (Å²) >= 11 is 8.76. The number of nitrogens with zero attached hydrogens (tertiary/aromatic N) is 2. The molecule has 1 amide bonds. The van der Waals surface area contributed by atoms with Crippen molar-refractivity contribution in [2.45, 2.75) is 6.92 Å². The van der Waals surface area contributed by atoms with Gasteiger partial charge in [0.2, 0.25) is 5.28 Å². The molecule has 1 heterocycles. The molecular weight excluding hydrogens is 281 g/mol. The van der Waals surface area contributed by atoms with Gasteiger partial charge in [-0.1, -0.05) is 22.5 Å². The molecule has 0 saturated carbocycles. The van der Waals surface area contributed by atoms with Gasteiger partial charge in [-0.2, -0.15) is 0 Å². The van der Waals surface area contributed by atoms with E-state index in [1.165, 1.54) is 0 Å². The number of hydrogen-bond donors (Lipinski definition) is 1. The van der Waals surface area contributed by atoms with Crippen LogP contribution in [-0.4, -0.2) is 22.4 Å². The van der Waals surface area contributed by atoms with E-state index in [2.05, 4.69) is 37.8 Å². The Morgan fingerprint density at radius 1 is 1.67 bits per heavy atom. The average molecular weight is 291 g/mol. The van der Waals surface area contributed by atoms with Crippen molar-refractivity contribution in [1.29, 1.82) is 0 Å². The average Bonchev–Trinajstić information content (AvgIpc) is 2.12. The summed E-state index contributed by atoms with van der Waals surface area (Å²) in [4.78, 5) is 19.2. The first-order chi connectivity index (χ1) is 6.99. The van der Waals surface area contributed by atoms with Crippen molar-refractivity contribution >= 4 is 33.4 Å². The zero-order valence-corrected chi connectivity index (χ0v) is 10.4. The minimum absolute atomic E-state index is 0.0674. The monoisotopic (exact) mass is 289 g/mol. The molecule has 0 atom stereocenters. The second-order valence-corrected chi connectivity index (χ2v) is 4.32. The first kappa shape index (κ1) is 12.1. The molecule has 0 unspecified atom stereocenters. The fourth-order valence-electron chi connectivity index (χ4n) is 0.915. The van der Waals surface area contributed by atoms with E-state index >= 15 is 0 Å². The fourth-order valence-corrected chi connectivity index (χ4v) is 1.28. The fraction of sp³-hybridized carbons (Fsp3) is 0.222. The van der Waals surface area contributed by atoms with Crippen LogP contribution in [0.3, 0.4) is 0 Å². The first-order valence-electron chi connectivity index (χ1n) is 4.11. The van der Waals surface area contributed by atoms with Crippen LogP contribution in [0.25, 0.3) is 0 Å². The van der Waals surface area contributed by atoms with Gasteiger partial charge < -0.3 is 5.32 Å². The molecule has 0 aliphatic heterocycles. The van der Waals surface area contributed by atoms with Crippen molar-refractivity contribution in [2.24, 2.45) is 0 Å². The molecule has 4 nitrogen and oxygen atoms in total. The van der Waals surface area contributed by atoms with Gasteiger partial charge in [0.25, 0.3) is 5.91 Å². The van der Waals surface area contributed by atoms with Crippen molar-refractivity contribution < 1.29 is 4.79 Å². The molecule has 0 fully saturated rings. The largest absolute Gasteiger partial charge is 0.346 e. The van der Waals surface area contributed by atoms with Crippen LogP contribution >= 0.6 is 27.5 Å². The molecule has 1 rings (SSSR count). The molecule has 15 heavy (non-hydrogen) atoms. The smallest absolute Gasteiger partial charge is 0.270 e. The second-order valence-electron chi connectivity index (χ2n) is 2.86. The van der Waals surface area contributed by atoms with Gasteiger partial charge in [0.1, 0.15) is 5.69 Å². The number of amides is 1. The molecule has 0 bridgehead atoms. The van der Waals surface area contributed by atoms with Crippen LogP contribution in [0.15, 0.2) is 17.1 Å². The number of nitrogens with one attached hydrogen (secondary N) is 1. The highest BCUT2D eigenvalue weighted by molar-refractivity contribution is 9.11. The predicted octanol–water partition coefficient (Wildman–Crippen LogP) is 2.08. The lowest BCUT2D eigenvalue weighted by Gasteiger charge is -2.03. The highest BCUT2D eigenvalue weighted by Crippen LogP contribution is 2.05. The summed E-state index contributed by atoms with van der Waals surface area (Å²) < 4.78 is 0.688. The maximum Gasteiger partial charge on any atom is 0.270 e. The van der Waals surface area contributed by atoms with E-state index in [-0.39, 0.29) is 16.9 Å². The molecule has 80 valence electrons. The van der Waals surface area contributed by atoms with Crippen molar-refractivity contribution in [1.82, 2.24) is 15.3 Å². The Morgan fingerprint density at radius 2 is 2.33 bits per heavy atom. The molecule has 0 aliphatic carbocycles. The first-order valence-corrected chi connectivity index (χ1v) is 5.29. The van der Waals surface area contributed by atoms with Crippen LogP contribution in [0.5, 0.6) is 0 Å². The minimum Gasteiger partial charge on any atom is -0.346 e. The lowest BCUT2D eigenvalue weighted by atomic mass is 10.3. The van der Waals surface area contributed by atoms with E-state index in [0.29, 0.717) is 16.7 Å². The van der Waals surface area contributed by atoms with E-state index in [9.17, 15) is 4.79 Å². The minimum atomic E-state index is -0.303. The molecule has 6 heteroatoms. The van der Waals surface area contributed by atoms with Crippen LogP contribution in [0.4, 0.5) is 0 Å². The normalized spacial score (nSPS) is 9.80. The molecule has 0 aliphatic rings. The third kappa shape index (κ3) is 3.97. The highest BCUT2D eigenvalue weighted by atomic mass is 79.9. The maximum atomic E-state index is 11.5. The number of aryl methyl sites for hydroxylation is 1. The summed E-state index contributed by atoms with van der Waals surface area (Å²) in [6, 6.07) is 1.57. The molecule has 1 aromatic rings. The molecule has 0 radical (unpaired) electrons. The molecule has 0 spiro atoms. The SMILES string of the molecule is C=C(Br)CNC(=O)c1cc(C)nc(Cl)n1. The number of carbonyl (C=O) groups excluding carboxylic acids is 1. The quantitative estimate of drug-likeness (QED) is 0.867. The van der Waals surface area contributed by atoms with Gasteiger partial charge in [-0.05, 0) is 24.6 Å². The van der Waals surface area contributed by atoms with Gasteiger partial charge in [-0.25, -0.2) is 9.97 Å². The lowest BCUT2D eigenvalue weighted by Crippen LogP contribution is -2.25. The van der Waals surface area contributed by atoms with Crippen molar-refractivity contribution in [2.75, 3.05) is 6.54 Å². The predicted molar refractivity (Wildman–Crippen MR) is 62.2 cm³/mol. The molecule has 1 aromatic heterocycles. The van der Waals surface area contributed by atoms with Crippen LogP contribution in [-0.2, 0) is 0 Å². The van der Waals surface area contributed by atoms with E-state index in [1.807, 2.05) is 0 Å². The van der Waals surface area contributed by atoms with Crippen LogP contribution < -0.4 is 5.32 Å². The third-order valence-corrected chi connectivity index (χ3v) is 1.95. The number of hydrogen-bond acceptors (Lipinski definition) is 3. The number of carbonyl (C=O) groups is 1. The van der Waals surface area contributed by atoms with Crippen LogP contribution in [0.2, 0.25) is 5.28 Å². The van der Waals surface area contributed by atoms with Crippen molar-refractivity contribution in [3.8, 4) is 0 Å². The Bertz CT molecular complexity index is 388. The van der Waals surface area contributed by atoms with E-state index in [0.717, 1.165) is 0 Å². The number of rotatable bonds is 3. The Kier molecular flexibility index (Phi) is 4.23. The zero-order chi connectivity index (χ0) is 11.4. The standard InChI is InChI=1S/C9H9BrClN3O/c1-5(10)4-12-8(15)7-3-6(2)13-9(11)14-7/h3H,1,4H2,2H3,(H,12,15). The maximum absolute atomic E-state index is 11.5. The summed E-state index contributed by atoms with van der Waals surface area (Å²) in [5.74, 6) is -0.303. The second kappa shape index (κ2) is 5.23. The third-order valence-electron chi connectivity index (χ3n) is 1.50. The molecule has 1 N–H and O–H groups in total. The van der Waals surface area contributed by atoms with Crippen molar-refractivity contribution in [3.63, 3.8) is 0 Å². The van der Waals surface area contributed by atoms with Crippen LogP contribution in [0.1, 0.15) is 16.2 Å². The Morgan fingerprint density at radius 3 is 2.87 bits per heavy atom. The summed E-state index contributed by atoms with van der Waals surface area (Å²) in [5, 5.41) is 2.69. The number of aromatic nitrogens is 2. The van der Waals surface area contributed by atoms with Crippen LogP contribution in [0, 0.1) is 6.92 Å². The van der Waals surface area contributed by atoms with Gasteiger partial charge >= 0.3 is 0 Å². The molecular formula is C9H9BrClN3O. The summed E-state index contributed by atoms with van der Waals surface area (Å²) in [5.41, 5.74) is 0.902. The lowest BCUT2D eigenvalue weighted by molar-refractivity contribution is 0.0952. The summed E-state index contributed by atoms with van der Waals surface area (Å²) in [6.45, 7) is 5.69. The zero-order valence-electron chi connectivity index (χ0n) is 8.05. The van der Waals surface area contributed by atoms with E-state index in [1.54, 1.807) is 13.0 Å². The Labute approximate surface area is 101 Å². The van der Waals surface area contributed by atoms with E-state index in [4.69, 9.17) is 11.6 Å².